The van der Waals surface area contributed by atoms with Gasteiger partial charge in [0.15, 0.2) is 0 Å². The van der Waals surface area contributed by atoms with Crippen LogP contribution in [0.4, 0.5) is 0 Å². The summed E-state index contributed by atoms with van der Waals surface area (Å²) in [5.41, 5.74) is 0.363. The Hall–Kier alpha value is -1.83. The number of amides is 1. The number of hydrogen-bond donors (Lipinski definition) is 0. The van der Waals surface area contributed by atoms with Gasteiger partial charge in [0.25, 0.3) is 16.0 Å². The molecule has 1 amide bonds. The maximum atomic E-state index is 12.2. The van der Waals surface area contributed by atoms with Crippen LogP contribution in [0.1, 0.15) is 23.7 Å². The SMILES string of the molecule is CCCS(=O)(=O)ON(C)C(=O)c1ccc(Sc2ccccc2)cc1. The topological polar surface area (TPSA) is 63.7 Å². The van der Waals surface area contributed by atoms with Crippen molar-refractivity contribution >= 4 is 27.8 Å². The van der Waals surface area contributed by atoms with Gasteiger partial charge in [0.1, 0.15) is 0 Å². The molecule has 0 aliphatic rings. The summed E-state index contributed by atoms with van der Waals surface area (Å²) in [5.74, 6) is -0.636. The van der Waals surface area contributed by atoms with E-state index in [9.17, 15) is 13.2 Å². The van der Waals surface area contributed by atoms with Crippen molar-refractivity contribution in [2.45, 2.75) is 23.1 Å². The van der Waals surface area contributed by atoms with Crippen LogP contribution in [0, 0.1) is 0 Å². The predicted octanol–water partition coefficient (Wildman–Crippen LogP) is 3.58. The molecule has 0 fully saturated rings. The summed E-state index contributed by atoms with van der Waals surface area (Å²) < 4.78 is 28.0. The maximum absolute atomic E-state index is 12.2. The summed E-state index contributed by atoms with van der Waals surface area (Å²) in [6, 6.07) is 16.8. The number of hydroxylamine groups is 2. The number of carbonyl (C=O) groups is 1. The highest BCUT2D eigenvalue weighted by atomic mass is 32.2. The summed E-state index contributed by atoms with van der Waals surface area (Å²) >= 11 is 1.58. The lowest BCUT2D eigenvalue weighted by Crippen LogP contribution is -2.30. The smallest absolute Gasteiger partial charge is 0.267 e. The van der Waals surface area contributed by atoms with Gasteiger partial charge >= 0.3 is 0 Å². The van der Waals surface area contributed by atoms with Gasteiger partial charge in [0.05, 0.1) is 5.75 Å². The van der Waals surface area contributed by atoms with Crippen molar-refractivity contribution in [1.29, 1.82) is 0 Å². The minimum absolute atomic E-state index is 0.128. The Balaban J connectivity index is 2.03. The Morgan fingerprint density at radius 2 is 1.62 bits per heavy atom. The third kappa shape index (κ3) is 5.36. The highest BCUT2D eigenvalue weighted by molar-refractivity contribution is 7.99. The molecule has 0 saturated heterocycles. The molecule has 0 unspecified atom stereocenters. The molecule has 7 heteroatoms. The van der Waals surface area contributed by atoms with Crippen molar-refractivity contribution in [2.75, 3.05) is 12.8 Å². The maximum Gasteiger partial charge on any atom is 0.288 e. The van der Waals surface area contributed by atoms with Gasteiger partial charge in [-0.1, -0.05) is 36.9 Å². The molecular weight excluding hydrogens is 346 g/mol. The highest BCUT2D eigenvalue weighted by Gasteiger charge is 2.19. The first-order valence-electron chi connectivity index (χ1n) is 7.44. The normalized spacial score (nSPS) is 11.2. The van der Waals surface area contributed by atoms with Crippen LogP contribution in [-0.4, -0.2) is 32.2 Å². The molecule has 0 bridgehead atoms. The second-order valence-corrected chi connectivity index (χ2v) is 7.90. The van der Waals surface area contributed by atoms with E-state index in [4.69, 9.17) is 4.28 Å². The quantitative estimate of drug-likeness (QED) is 0.702. The van der Waals surface area contributed by atoms with Crippen molar-refractivity contribution in [3.05, 3.63) is 60.2 Å². The average molecular weight is 365 g/mol. The van der Waals surface area contributed by atoms with Crippen molar-refractivity contribution in [3.8, 4) is 0 Å². The molecule has 0 heterocycles. The number of nitrogens with zero attached hydrogens (tertiary/aromatic N) is 1. The first-order valence-corrected chi connectivity index (χ1v) is 9.84. The van der Waals surface area contributed by atoms with Crippen LogP contribution >= 0.6 is 11.8 Å². The van der Waals surface area contributed by atoms with Gasteiger partial charge in [-0.15, -0.1) is 4.28 Å². The van der Waals surface area contributed by atoms with Crippen LogP contribution in [0.3, 0.4) is 0 Å². The highest BCUT2D eigenvalue weighted by Crippen LogP contribution is 2.27. The molecule has 5 nitrogen and oxygen atoms in total. The van der Waals surface area contributed by atoms with Gasteiger partial charge in [0.2, 0.25) is 0 Å². The van der Waals surface area contributed by atoms with E-state index in [0.29, 0.717) is 12.0 Å². The minimum atomic E-state index is -3.73. The molecule has 2 aromatic carbocycles. The van der Waals surface area contributed by atoms with Crippen LogP contribution in [-0.2, 0) is 14.4 Å². The fraction of sp³-hybridized carbons (Fsp3) is 0.235. The molecule has 0 atom stereocenters. The van der Waals surface area contributed by atoms with E-state index < -0.39 is 16.0 Å². The lowest BCUT2D eigenvalue weighted by atomic mass is 10.2. The summed E-state index contributed by atoms with van der Waals surface area (Å²) in [6.07, 6.45) is 0.426. The first kappa shape index (κ1) is 18.5. The molecule has 0 radical (unpaired) electrons. The number of carbonyl (C=O) groups excluding carboxylic acids is 1. The van der Waals surface area contributed by atoms with E-state index in [0.717, 1.165) is 14.9 Å². The van der Waals surface area contributed by atoms with Crippen molar-refractivity contribution < 1.29 is 17.5 Å². The Labute approximate surface area is 146 Å². The minimum Gasteiger partial charge on any atom is -0.267 e. The van der Waals surface area contributed by atoms with Crippen LogP contribution in [0.15, 0.2) is 64.4 Å². The van der Waals surface area contributed by atoms with E-state index in [1.807, 2.05) is 42.5 Å². The fourth-order valence-electron chi connectivity index (χ4n) is 1.96. The van der Waals surface area contributed by atoms with Gasteiger partial charge in [-0.05, 0) is 42.8 Å². The Morgan fingerprint density at radius 1 is 1.04 bits per heavy atom. The molecule has 128 valence electrons. The van der Waals surface area contributed by atoms with E-state index in [1.165, 1.54) is 7.05 Å². The summed E-state index contributed by atoms with van der Waals surface area (Å²) in [4.78, 5) is 14.3. The largest absolute Gasteiger partial charge is 0.288 e. The molecule has 0 aliphatic carbocycles. The van der Waals surface area contributed by atoms with Gasteiger partial charge in [0, 0.05) is 22.4 Å². The number of rotatable bonds is 7. The molecule has 0 spiro atoms. The third-order valence-corrected chi connectivity index (χ3v) is 5.42. The standard InChI is InChI=1S/C17H19NO4S2/c1-3-13-24(20,21)22-18(2)17(19)14-9-11-16(12-10-14)23-15-7-5-4-6-8-15/h4-12H,3,13H2,1-2H3. The van der Waals surface area contributed by atoms with Crippen LogP contribution in [0.5, 0.6) is 0 Å². The van der Waals surface area contributed by atoms with Crippen molar-refractivity contribution in [1.82, 2.24) is 5.06 Å². The van der Waals surface area contributed by atoms with Gasteiger partial charge in [-0.2, -0.15) is 8.42 Å². The molecule has 0 saturated carbocycles. The summed E-state index contributed by atoms with van der Waals surface area (Å²) in [5, 5.41) is 0.754. The van der Waals surface area contributed by atoms with Crippen LogP contribution in [0.25, 0.3) is 0 Å². The lowest BCUT2D eigenvalue weighted by molar-refractivity contribution is -0.00874. The van der Waals surface area contributed by atoms with E-state index in [-0.39, 0.29) is 5.75 Å². The zero-order valence-electron chi connectivity index (χ0n) is 13.5. The average Bonchev–Trinajstić information content (AvgIpc) is 2.55. The summed E-state index contributed by atoms with van der Waals surface area (Å²) in [7, 11) is -2.44. The van der Waals surface area contributed by atoms with Gasteiger partial charge in [-0.3, -0.25) is 4.79 Å². The fourth-order valence-corrected chi connectivity index (χ4v) is 3.78. The summed E-state index contributed by atoms with van der Waals surface area (Å²) in [6.45, 7) is 1.73. The van der Waals surface area contributed by atoms with Gasteiger partial charge < -0.3 is 0 Å². The molecule has 24 heavy (non-hydrogen) atoms. The van der Waals surface area contributed by atoms with E-state index in [2.05, 4.69) is 0 Å². The molecule has 0 aliphatic heterocycles. The van der Waals surface area contributed by atoms with Gasteiger partial charge in [-0.25, -0.2) is 5.06 Å². The Kier molecular flexibility index (Phi) is 6.42. The lowest BCUT2D eigenvalue weighted by Gasteiger charge is -2.16. The number of benzene rings is 2. The monoisotopic (exact) mass is 365 g/mol. The van der Waals surface area contributed by atoms with E-state index in [1.54, 1.807) is 30.8 Å². The van der Waals surface area contributed by atoms with E-state index >= 15 is 0 Å². The molecule has 0 N–H and O–H groups in total. The molecule has 2 rings (SSSR count). The van der Waals surface area contributed by atoms with Crippen molar-refractivity contribution in [3.63, 3.8) is 0 Å². The number of hydrogen-bond acceptors (Lipinski definition) is 5. The first-order chi connectivity index (χ1) is 11.4. The zero-order valence-corrected chi connectivity index (χ0v) is 15.1. The third-order valence-electron chi connectivity index (χ3n) is 3.05. The second kappa shape index (κ2) is 8.32. The predicted molar refractivity (Wildman–Crippen MR) is 94.3 cm³/mol. The molecular formula is C17H19NO4S2. The van der Waals surface area contributed by atoms with Crippen LogP contribution in [0.2, 0.25) is 0 Å². The second-order valence-electron chi connectivity index (χ2n) is 5.08. The Bertz CT molecular complexity index is 774. The van der Waals surface area contributed by atoms with Crippen LogP contribution < -0.4 is 0 Å². The Morgan fingerprint density at radius 3 is 2.21 bits per heavy atom. The van der Waals surface area contributed by atoms with Crippen molar-refractivity contribution in [2.24, 2.45) is 0 Å². The molecule has 2 aromatic rings. The zero-order chi connectivity index (χ0) is 17.6. The molecule has 0 aromatic heterocycles.